The summed E-state index contributed by atoms with van der Waals surface area (Å²) >= 11 is 1.47. The fraction of sp³-hybridized carbons (Fsp3) is 0.455. The minimum atomic E-state index is -0.345. The molecule has 0 unspecified atom stereocenters. The van der Waals surface area contributed by atoms with Crippen molar-refractivity contribution in [2.24, 2.45) is 0 Å². The number of nitrogens with zero attached hydrogens (tertiary/aromatic N) is 4. The van der Waals surface area contributed by atoms with Crippen molar-refractivity contribution in [3.8, 4) is 0 Å². The van der Waals surface area contributed by atoms with Crippen molar-refractivity contribution in [3.05, 3.63) is 46.4 Å². The average Bonchev–Trinajstić information content (AvgIpc) is 3.41. The molecule has 1 aliphatic heterocycles. The second kappa shape index (κ2) is 9.15. The van der Waals surface area contributed by atoms with Gasteiger partial charge >= 0.3 is 0 Å². The molecule has 1 atom stereocenters. The number of hydrogen-bond acceptors (Lipinski definition) is 7. The van der Waals surface area contributed by atoms with Crippen LogP contribution in [0.3, 0.4) is 0 Å². The molecule has 2 aromatic heterocycles. The maximum atomic E-state index is 12.9. The topological polar surface area (TPSA) is 88.8 Å². The highest BCUT2D eigenvalue weighted by Gasteiger charge is 2.31. The van der Waals surface area contributed by atoms with Gasteiger partial charge in [-0.25, -0.2) is 0 Å². The summed E-state index contributed by atoms with van der Waals surface area (Å²) in [6, 6.07) is 7.95. The summed E-state index contributed by atoms with van der Waals surface area (Å²) in [5.41, 5.74) is 0.876. The maximum absolute atomic E-state index is 12.9. The molecule has 0 spiro atoms. The van der Waals surface area contributed by atoms with Crippen LogP contribution in [0.5, 0.6) is 0 Å². The van der Waals surface area contributed by atoms with Crippen LogP contribution in [0, 0.1) is 0 Å². The summed E-state index contributed by atoms with van der Waals surface area (Å²) in [6.07, 6.45) is 1.07. The highest BCUT2D eigenvalue weighted by molar-refractivity contribution is 7.21. The van der Waals surface area contributed by atoms with E-state index in [1.807, 2.05) is 36.1 Å². The normalized spacial score (nSPS) is 16.6. The number of thiophene rings is 1. The van der Waals surface area contributed by atoms with Crippen LogP contribution in [-0.4, -0.2) is 65.5 Å². The molecule has 1 aromatic carbocycles. The van der Waals surface area contributed by atoms with Gasteiger partial charge in [-0.15, -0.1) is 11.3 Å². The lowest BCUT2D eigenvalue weighted by Gasteiger charge is -2.33. The number of aryl methyl sites for hydroxylation is 2. The molecule has 2 amide bonds. The summed E-state index contributed by atoms with van der Waals surface area (Å²) in [6.45, 7) is 3.32. The molecular formula is C22H26N4O4S. The number of aromatic nitrogens is 2. The molecule has 0 radical (unpaired) electrons. The maximum Gasteiger partial charge on any atom is 0.263 e. The minimum Gasteiger partial charge on any atom is -0.370 e. The molecular weight excluding hydrogens is 416 g/mol. The Labute approximate surface area is 184 Å². The van der Waals surface area contributed by atoms with Crippen LogP contribution >= 0.6 is 11.3 Å². The van der Waals surface area contributed by atoms with E-state index >= 15 is 0 Å². The Kier molecular flexibility index (Phi) is 6.33. The van der Waals surface area contributed by atoms with E-state index in [9.17, 15) is 9.59 Å². The van der Waals surface area contributed by atoms with E-state index in [2.05, 4.69) is 10.1 Å². The van der Waals surface area contributed by atoms with E-state index in [-0.39, 0.29) is 17.9 Å². The summed E-state index contributed by atoms with van der Waals surface area (Å²) in [5.74, 6) is 1.10. The quantitative estimate of drug-likeness (QED) is 0.583. The first-order chi connectivity index (χ1) is 15.0. The average molecular weight is 443 g/mol. The van der Waals surface area contributed by atoms with Gasteiger partial charge in [-0.2, -0.15) is 4.98 Å². The van der Waals surface area contributed by atoms with Crippen LogP contribution in [0.15, 0.2) is 28.8 Å². The SMILES string of the molecule is CCc1noc(CCC(=O)N2CCO[C@@H](c3c(C(=O)N(C)C)sc4ccccc34)C2)n1. The van der Waals surface area contributed by atoms with E-state index in [4.69, 9.17) is 9.26 Å². The van der Waals surface area contributed by atoms with Gasteiger partial charge in [0.15, 0.2) is 5.82 Å². The first-order valence-corrected chi connectivity index (χ1v) is 11.2. The second-order valence-corrected chi connectivity index (χ2v) is 8.75. The number of fused-ring (bicyclic) bond motifs is 1. The molecule has 0 bridgehead atoms. The summed E-state index contributed by atoms with van der Waals surface area (Å²) in [5, 5.41) is 4.88. The van der Waals surface area contributed by atoms with E-state index in [0.29, 0.717) is 55.6 Å². The number of amides is 2. The van der Waals surface area contributed by atoms with Crippen molar-refractivity contribution in [2.45, 2.75) is 32.3 Å². The van der Waals surface area contributed by atoms with Crippen molar-refractivity contribution in [2.75, 3.05) is 33.8 Å². The van der Waals surface area contributed by atoms with Crippen LogP contribution in [0.4, 0.5) is 0 Å². The highest BCUT2D eigenvalue weighted by Crippen LogP contribution is 2.38. The van der Waals surface area contributed by atoms with Gasteiger partial charge in [0.05, 0.1) is 18.0 Å². The lowest BCUT2D eigenvalue weighted by atomic mass is 10.0. The third-order valence-corrected chi connectivity index (χ3v) is 6.53. The predicted octanol–water partition coefficient (Wildman–Crippen LogP) is 3.08. The van der Waals surface area contributed by atoms with Crippen molar-refractivity contribution >= 4 is 33.2 Å². The smallest absolute Gasteiger partial charge is 0.263 e. The largest absolute Gasteiger partial charge is 0.370 e. The molecule has 0 N–H and O–H groups in total. The van der Waals surface area contributed by atoms with Gasteiger partial charge in [0.2, 0.25) is 11.8 Å². The Morgan fingerprint density at radius 2 is 2.10 bits per heavy atom. The van der Waals surface area contributed by atoms with E-state index < -0.39 is 0 Å². The Hall–Kier alpha value is -2.78. The van der Waals surface area contributed by atoms with Crippen LogP contribution < -0.4 is 0 Å². The number of carbonyl (C=O) groups excluding carboxylic acids is 2. The molecule has 9 heteroatoms. The number of carbonyl (C=O) groups is 2. The van der Waals surface area contributed by atoms with Gasteiger partial charge in [0.25, 0.3) is 5.91 Å². The van der Waals surface area contributed by atoms with Crippen LogP contribution in [-0.2, 0) is 22.4 Å². The molecule has 3 heterocycles. The zero-order valence-corrected chi connectivity index (χ0v) is 18.8. The van der Waals surface area contributed by atoms with Gasteiger partial charge in [-0.05, 0) is 11.5 Å². The number of rotatable bonds is 6. The van der Waals surface area contributed by atoms with Gasteiger partial charge in [-0.1, -0.05) is 30.3 Å². The van der Waals surface area contributed by atoms with E-state index in [0.717, 1.165) is 15.6 Å². The monoisotopic (exact) mass is 442 g/mol. The second-order valence-electron chi connectivity index (χ2n) is 7.70. The third-order valence-electron chi connectivity index (χ3n) is 5.35. The van der Waals surface area contributed by atoms with Crippen LogP contribution in [0.2, 0.25) is 0 Å². The van der Waals surface area contributed by atoms with Crippen molar-refractivity contribution < 1.29 is 18.8 Å². The number of ether oxygens (including phenoxy) is 1. The molecule has 1 aliphatic rings. The lowest BCUT2D eigenvalue weighted by molar-refractivity contribution is -0.139. The summed E-state index contributed by atoms with van der Waals surface area (Å²) in [4.78, 5) is 34.0. The highest BCUT2D eigenvalue weighted by atomic mass is 32.1. The Bertz CT molecular complexity index is 1090. The summed E-state index contributed by atoms with van der Waals surface area (Å²) < 4.78 is 12.3. The zero-order chi connectivity index (χ0) is 22.0. The minimum absolute atomic E-state index is 0.0181. The predicted molar refractivity (Wildman–Crippen MR) is 117 cm³/mol. The molecule has 0 saturated carbocycles. The molecule has 8 nitrogen and oxygen atoms in total. The Morgan fingerprint density at radius 1 is 1.29 bits per heavy atom. The first kappa shape index (κ1) is 21.5. The standard InChI is InChI=1S/C22H26N4O4S/c1-4-17-23-18(30-24-17)9-10-19(27)26-11-12-29-15(13-26)20-14-7-5-6-8-16(14)31-21(20)22(28)25(2)3/h5-8,15H,4,9-13H2,1-3H3/t15-/m1/s1. The van der Waals surface area contributed by atoms with Crippen molar-refractivity contribution in [3.63, 3.8) is 0 Å². The third kappa shape index (κ3) is 4.47. The Morgan fingerprint density at radius 3 is 2.84 bits per heavy atom. The molecule has 1 fully saturated rings. The number of benzene rings is 1. The molecule has 4 rings (SSSR count). The first-order valence-electron chi connectivity index (χ1n) is 10.4. The van der Waals surface area contributed by atoms with Crippen LogP contribution in [0.1, 0.15) is 46.4 Å². The lowest BCUT2D eigenvalue weighted by Crippen LogP contribution is -2.42. The van der Waals surface area contributed by atoms with Crippen LogP contribution in [0.25, 0.3) is 10.1 Å². The number of morpholine rings is 1. The molecule has 31 heavy (non-hydrogen) atoms. The van der Waals surface area contributed by atoms with Crippen molar-refractivity contribution in [1.29, 1.82) is 0 Å². The molecule has 1 saturated heterocycles. The number of hydrogen-bond donors (Lipinski definition) is 0. The van der Waals surface area contributed by atoms with E-state index in [1.54, 1.807) is 19.0 Å². The van der Waals surface area contributed by atoms with Gasteiger partial charge < -0.3 is 19.1 Å². The van der Waals surface area contributed by atoms with Gasteiger partial charge in [-0.3, -0.25) is 9.59 Å². The van der Waals surface area contributed by atoms with Gasteiger partial charge in [0, 0.05) is 50.2 Å². The van der Waals surface area contributed by atoms with Crippen molar-refractivity contribution in [1.82, 2.24) is 19.9 Å². The molecule has 164 valence electrons. The molecule has 3 aromatic rings. The fourth-order valence-electron chi connectivity index (χ4n) is 3.70. The summed E-state index contributed by atoms with van der Waals surface area (Å²) in [7, 11) is 3.49. The van der Waals surface area contributed by atoms with Gasteiger partial charge in [0.1, 0.15) is 6.10 Å². The molecule has 0 aliphatic carbocycles. The zero-order valence-electron chi connectivity index (χ0n) is 18.0. The van der Waals surface area contributed by atoms with E-state index in [1.165, 1.54) is 11.3 Å². The fourth-order valence-corrected chi connectivity index (χ4v) is 4.98. The Balaban J connectivity index is 1.53.